The highest BCUT2D eigenvalue weighted by atomic mass is 16.2. The Labute approximate surface area is 165 Å². The summed E-state index contributed by atoms with van der Waals surface area (Å²) in [6.07, 6.45) is 2.05. The number of carbonyl (C=O) groups is 2. The highest BCUT2D eigenvalue weighted by Gasteiger charge is 2.38. The Morgan fingerprint density at radius 2 is 1.93 bits per heavy atom. The Bertz CT molecular complexity index is 857. The minimum Gasteiger partial charge on any atom is -0.353 e. The van der Waals surface area contributed by atoms with Crippen molar-refractivity contribution in [3.63, 3.8) is 0 Å². The molecule has 4 rings (SSSR count). The Morgan fingerprint density at radius 1 is 1.18 bits per heavy atom. The molecule has 1 saturated heterocycles. The van der Waals surface area contributed by atoms with Gasteiger partial charge in [-0.3, -0.25) is 19.5 Å². The molecule has 1 aromatic heterocycles. The van der Waals surface area contributed by atoms with Crippen LogP contribution in [0.3, 0.4) is 0 Å². The highest BCUT2D eigenvalue weighted by Crippen LogP contribution is 2.28. The van der Waals surface area contributed by atoms with Gasteiger partial charge in [-0.15, -0.1) is 0 Å². The maximum atomic E-state index is 12.5. The second kappa shape index (κ2) is 8.10. The smallest absolute Gasteiger partial charge is 0.237 e. The molecular formula is C22H26N4O2. The number of hydrogen-bond acceptors (Lipinski definition) is 4. The second-order valence-electron chi connectivity index (χ2n) is 7.63. The van der Waals surface area contributed by atoms with Crippen LogP contribution in [0.5, 0.6) is 0 Å². The van der Waals surface area contributed by atoms with Crippen LogP contribution in [0.4, 0.5) is 0 Å². The summed E-state index contributed by atoms with van der Waals surface area (Å²) in [5.74, 6) is -0.170. The van der Waals surface area contributed by atoms with E-state index in [1.54, 1.807) is 0 Å². The SMILES string of the molecule is Cc1cccc(CNC(=O)C[C@H]2C(=O)NCCN2C2Cc3ccccc3C2)n1. The third-order valence-electron chi connectivity index (χ3n) is 5.66. The van der Waals surface area contributed by atoms with Crippen molar-refractivity contribution in [1.29, 1.82) is 0 Å². The van der Waals surface area contributed by atoms with Crippen LogP contribution in [0.25, 0.3) is 0 Å². The summed E-state index contributed by atoms with van der Waals surface area (Å²) in [4.78, 5) is 31.7. The number of carbonyl (C=O) groups excluding carboxylic acids is 2. The van der Waals surface area contributed by atoms with Crippen LogP contribution >= 0.6 is 0 Å². The first-order valence-corrected chi connectivity index (χ1v) is 9.89. The van der Waals surface area contributed by atoms with Gasteiger partial charge in [0.25, 0.3) is 0 Å². The van der Waals surface area contributed by atoms with Gasteiger partial charge in [-0.25, -0.2) is 0 Å². The molecule has 1 fully saturated rings. The summed E-state index contributed by atoms with van der Waals surface area (Å²) in [5, 5.41) is 5.83. The molecule has 0 saturated carbocycles. The predicted octanol–water partition coefficient (Wildman–Crippen LogP) is 1.36. The average molecular weight is 378 g/mol. The summed E-state index contributed by atoms with van der Waals surface area (Å²) in [6.45, 7) is 3.72. The van der Waals surface area contributed by atoms with Gasteiger partial charge in [-0.05, 0) is 43.0 Å². The molecule has 2 aliphatic rings. The van der Waals surface area contributed by atoms with E-state index < -0.39 is 6.04 Å². The van der Waals surface area contributed by atoms with Gasteiger partial charge >= 0.3 is 0 Å². The standard InChI is InChI=1S/C22H26N4O2/c1-15-5-4-8-18(25-15)14-24-21(27)13-20-22(28)23-9-10-26(20)19-11-16-6-2-3-7-17(16)12-19/h2-8,19-20H,9-14H2,1H3,(H,23,28)(H,24,27)/t20-/m0/s1. The fourth-order valence-electron chi connectivity index (χ4n) is 4.28. The number of rotatable bonds is 5. The molecule has 146 valence electrons. The number of hydrogen-bond donors (Lipinski definition) is 2. The molecule has 2 heterocycles. The van der Waals surface area contributed by atoms with Crippen molar-refractivity contribution < 1.29 is 9.59 Å². The third-order valence-corrected chi connectivity index (χ3v) is 5.66. The summed E-state index contributed by atoms with van der Waals surface area (Å²) < 4.78 is 0. The van der Waals surface area contributed by atoms with Gasteiger partial charge in [-0.1, -0.05) is 30.3 Å². The van der Waals surface area contributed by atoms with Crippen LogP contribution in [-0.2, 0) is 29.0 Å². The van der Waals surface area contributed by atoms with E-state index in [-0.39, 0.29) is 24.3 Å². The van der Waals surface area contributed by atoms with Crippen LogP contribution < -0.4 is 10.6 Å². The molecule has 2 amide bonds. The minimum atomic E-state index is -0.418. The number of benzene rings is 1. The molecule has 28 heavy (non-hydrogen) atoms. The van der Waals surface area contributed by atoms with Crippen LogP contribution in [-0.4, -0.2) is 46.9 Å². The van der Waals surface area contributed by atoms with Gasteiger partial charge in [0.05, 0.1) is 24.7 Å². The normalized spacial score (nSPS) is 19.9. The van der Waals surface area contributed by atoms with Crippen LogP contribution in [0.2, 0.25) is 0 Å². The monoisotopic (exact) mass is 378 g/mol. The molecule has 0 unspecified atom stereocenters. The Hall–Kier alpha value is -2.73. The van der Waals surface area contributed by atoms with Gasteiger partial charge in [0.15, 0.2) is 0 Å². The number of piperazine rings is 1. The third kappa shape index (κ3) is 4.07. The Balaban J connectivity index is 1.39. The van der Waals surface area contributed by atoms with Gasteiger partial charge in [-0.2, -0.15) is 0 Å². The molecule has 1 aliphatic heterocycles. The fourth-order valence-corrected chi connectivity index (χ4v) is 4.28. The Kier molecular flexibility index (Phi) is 5.39. The van der Waals surface area contributed by atoms with Crippen LogP contribution in [0, 0.1) is 6.92 Å². The molecule has 2 aromatic rings. The average Bonchev–Trinajstić information content (AvgIpc) is 3.12. The lowest BCUT2D eigenvalue weighted by atomic mass is 10.0. The molecule has 1 aliphatic carbocycles. The molecule has 0 bridgehead atoms. The summed E-state index contributed by atoms with van der Waals surface area (Å²) in [5.41, 5.74) is 4.45. The quantitative estimate of drug-likeness (QED) is 0.824. The van der Waals surface area contributed by atoms with E-state index in [4.69, 9.17) is 0 Å². The number of aromatic nitrogens is 1. The first-order valence-electron chi connectivity index (χ1n) is 9.89. The van der Waals surface area contributed by atoms with Gasteiger partial charge < -0.3 is 10.6 Å². The number of aryl methyl sites for hydroxylation is 1. The molecular weight excluding hydrogens is 352 g/mol. The van der Waals surface area contributed by atoms with Crippen molar-refractivity contribution in [3.8, 4) is 0 Å². The lowest BCUT2D eigenvalue weighted by Gasteiger charge is -2.38. The zero-order valence-electron chi connectivity index (χ0n) is 16.1. The molecule has 1 atom stereocenters. The molecule has 6 heteroatoms. The van der Waals surface area contributed by atoms with Crippen molar-refractivity contribution in [3.05, 3.63) is 65.0 Å². The largest absolute Gasteiger partial charge is 0.353 e. The maximum absolute atomic E-state index is 12.5. The maximum Gasteiger partial charge on any atom is 0.237 e. The Morgan fingerprint density at radius 3 is 2.64 bits per heavy atom. The zero-order valence-corrected chi connectivity index (χ0v) is 16.1. The molecule has 0 radical (unpaired) electrons. The van der Waals surface area contributed by atoms with Crippen LogP contribution in [0.15, 0.2) is 42.5 Å². The highest BCUT2D eigenvalue weighted by molar-refractivity contribution is 5.88. The van der Waals surface area contributed by atoms with Crippen molar-refractivity contribution in [2.45, 2.75) is 44.8 Å². The number of fused-ring (bicyclic) bond motifs is 1. The van der Waals surface area contributed by atoms with E-state index in [1.807, 2.05) is 25.1 Å². The summed E-state index contributed by atoms with van der Waals surface area (Å²) in [6, 6.07) is 14.1. The summed E-state index contributed by atoms with van der Waals surface area (Å²) >= 11 is 0. The van der Waals surface area contributed by atoms with E-state index in [0.29, 0.717) is 13.1 Å². The van der Waals surface area contributed by atoms with E-state index in [9.17, 15) is 9.59 Å². The van der Waals surface area contributed by atoms with E-state index in [1.165, 1.54) is 11.1 Å². The van der Waals surface area contributed by atoms with E-state index in [0.717, 1.165) is 30.8 Å². The second-order valence-corrected chi connectivity index (χ2v) is 7.63. The van der Waals surface area contributed by atoms with E-state index >= 15 is 0 Å². The van der Waals surface area contributed by atoms with Gasteiger partial charge in [0, 0.05) is 24.8 Å². The number of nitrogens with one attached hydrogen (secondary N) is 2. The van der Waals surface area contributed by atoms with Crippen molar-refractivity contribution in [2.24, 2.45) is 0 Å². The first kappa shape index (κ1) is 18.6. The van der Waals surface area contributed by atoms with Crippen molar-refractivity contribution in [1.82, 2.24) is 20.5 Å². The predicted molar refractivity (Wildman–Crippen MR) is 107 cm³/mol. The topological polar surface area (TPSA) is 74.3 Å². The number of pyridine rings is 1. The zero-order chi connectivity index (χ0) is 19.5. The minimum absolute atomic E-state index is 0.0500. The fraction of sp³-hybridized carbons (Fsp3) is 0.409. The molecule has 6 nitrogen and oxygen atoms in total. The summed E-state index contributed by atoms with van der Waals surface area (Å²) in [7, 11) is 0. The van der Waals surface area contributed by atoms with E-state index in [2.05, 4.69) is 44.8 Å². The number of nitrogens with zero attached hydrogens (tertiary/aromatic N) is 2. The number of amides is 2. The molecule has 1 aromatic carbocycles. The lowest BCUT2D eigenvalue weighted by Crippen LogP contribution is -2.59. The van der Waals surface area contributed by atoms with Gasteiger partial charge in [0.2, 0.25) is 11.8 Å². The van der Waals surface area contributed by atoms with Crippen molar-refractivity contribution in [2.75, 3.05) is 13.1 Å². The lowest BCUT2D eigenvalue weighted by molar-refractivity contribution is -0.135. The van der Waals surface area contributed by atoms with Crippen LogP contribution in [0.1, 0.15) is 28.9 Å². The van der Waals surface area contributed by atoms with Gasteiger partial charge in [0.1, 0.15) is 0 Å². The first-order chi connectivity index (χ1) is 13.6. The molecule has 0 spiro atoms. The molecule has 2 N–H and O–H groups in total. The van der Waals surface area contributed by atoms with Crippen molar-refractivity contribution >= 4 is 11.8 Å².